The lowest BCUT2D eigenvalue weighted by Gasteiger charge is -2.16. The first kappa shape index (κ1) is 16.5. The minimum atomic E-state index is -4.09. The van der Waals surface area contributed by atoms with Gasteiger partial charge in [0.1, 0.15) is 0 Å². The number of nitrogens with zero attached hydrogens (tertiary/aromatic N) is 4. The van der Waals surface area contributed by atoms with E-state index in [9.17, 15) is 23.7 Å². The van der Waals surface area contributed by atoms with Crippen molar-refractivity contribution in [1.82, 2.24) is 5.06 Å². The van der Waals surface area contributed by atoms with Crippen molar-refractivity contribution in [2.45, 2.75) is 11.8 Å². The van der Waals surface area contributed by atoms with Gasteiger partial charge in [0, 0.05) is 18.3 Å². The van der Waals surface area contributed by atoms with Crippen molar-refractivity contribution in [3.05, 3.63) is 70.2 Å². The number of hydrogen-bond donors (Lipinski definition) is 1. The molecule has 0 unspecified atom stereocenters. The van der Waals surface area contributed by atoms with Gasteiger partial charge in [-0.2, -0.15) is 8.42 Å². The van der Waals surface area contributed by atoms with E-state index in [1.54, 1.807) is 12.2 Å². The van der Waals surface area contributed by atoms with E-state index in [1.807, 2.05) is 0 Å². The van der Waals surface area contributed by atoms with Crippen LogP contribution in [0.15, 0.2) is 74.6 Å². The fourth-order valence-corrected chi connectivity index (χ4v) is 2.48. The Kier molecular flexibility index (Phi) is 4.67. The summed E-state index contributed by atoms with van der Waals surface area (Å²) in [6, 6.07) is 4.29. The van der Waals surface area contributed by atoms with E-state index in [1.165, 1.54) is 19.2 Å². The van der Waals surface area contributed by atoms with Gasteiger partial charge in [-0.25, -0.2) is 5.06 Å². The van der Waals surface area contributed by atoms with Crippen molar-refractivity contribution in [1.29, 1.82) is 0 Å². The van der Waals surface area contributed by atoms with Crippen molar-refractivity contribution < 1.29 is 18.5 Å². The van der Waals surface area contributed by atoms with Gasteiger partial charge >= 0.3 is 0 Å². The molecule has 1 heterocycles. The molecule has 9 nitrogen and oxygen atoms in total. The summed E-state index contributed by atoms with van der Waals surface area (Å²) in [5.41, 5.74) is 0.225. The summed E-state index contributed by atoms with van der Waals surface area (Å²) in [6.07, 6.45) is 6.12. The van der Waals surface area contributed by atoms with Gasteiger partial charge in [-0.15, -0.1) is 5.11 Å². The van der Waals surface area contributed by atoms with Gasteiger partial charge in [-0.3, -0.25) is 15.3 Å². The number of non-ortho nitro benzene ring substituents is 1. The Hall–Kier alpha value is -2.85. The molecule has 0 saturated heterocycles. The fraction of sp³-hybridized carbons (Fsp3) is 0.0769. The molecule has 2 rings (SSSR count). The van der Waals surface area contributed by atoms with Crippen molar-refractivity contribution in [2.24, 2.45) is 9.63 Å². The Morgan fingerprint density at radius 2 is 1.91 bits per heavy atom. The molecule has 0 aliphatic carbocycles. The van der Waals surface area contributed by atoms with E-state index in [0.717, 1.165) is 29.3 Å². The van der Waals surface area contributed by atoms with Crippen LogP contribution in [0.4, 0.5) is 5.69 Å². The smallest absolute Gasteiger partial charge is 0.284 e. The van der Waals surface area contributed by atoms with E-state index < -0.39 is 14.9 Å². The van der Waals surface area contributed by atoms with Crippen LogP contribution in [0.1, 0.15) is 6.92 Å². The van der Waals surface area contributed by atoms with Crippen LogP contribution in [0, 0.1) is 10.1 Å². The second kappa shape index (κ2) is 6.50. The van der Waals surface area contributed by atoms with Crippen LogP contribution in [-0.4, -0.2) is 23.6 Å². The van der Waals surface area contributed by atoms with Gasteiger partial charge in [-0.1, -0.05) is 10.6 Å². The van der Waals surface area contributed by atoms with Gasteiger partial charge in [0.2, 0.25) is 0 Å². The van der Waals surface area contributed by atoms with Crippen molar-refractivity contribution >= 4 is 15.7 Å². The summed E-state index contributed by atoms with van der Waals surface area (Å²) in [5.74, 6) is 0. The Balaban J connectivity index is 2.27. The molecule has 1 aliphatic rings. The number of sulfonamides is 1. The minimum Gasteiger partial charge on any atom is -0.284 e. The highest BCUT2D eigenvalue weighted by Gasteiger charge is 2.16. The quantitative estimate of drug-likeness (QED) is 0.512. The number of benzene rings is 1. The average molecular weight is 336 g/mol. The third kappa shape index (κ3) is 3.87. The lowest BCUT2D eigenvalue weighted by molar-refractivity contribution is -0.384. The van der Waals surface area contributed by atoms with Crippen LogP contribution in [0.25, 0.3) is 0 Å². The summed E-state index contributed by atoms with van der Waals surface area (Å²) in [7, 11) is -4.09. The third-order valence-corrected chi connectivity index (χ3v) is 4.02. The molecular formula is C13H12N4O5S. The molecule has 0 bridgehead atoms. The highest BCUT2D eigenvalue weighted by Crippen LogP contribution is 2.20. The molecule has 0 aromatic heterocycles. The van der Waals surface area contributed by atoms with Crippen molar-refractivity contribution in [2.75, 3.05) is 0 Å². The topological polar surface area (TPSA) is 125 Å². The molecule has 0 atom stereocenters. The van der Waals surface area contributed by atoms with Crippen molar-refractivity contribution in [3.8, 4) is 0 Å². The Labute approximate surface area is 131 Å². The number of hydrogen-bond acceptors (Lipinski definition) is 7. The van der Waals surface area contributed by atoms with E-state index >= 15 is 0 Å². The van der Waals surface area contributed by atoms with Crippen molar-refractivity contribution in [3.63, 3.8) is 0 Å². The first-order valence-electron chi connectivity index (χ1n) is 6.27. The highest BCUT2D eigenvalue weighted by atomic mass is 32.2. The van der Waals surface area contributed by atoms with Crippen LogP contribution in [0.5, 0.6) is 0 Å². The first-order chi connectivity index (χ1) is 10.8. The zero-order valence-corrected chi connectivity index (χ0v) is 12.7. The molecule has 0 radical (unpaired) electrons. The zero-order chi connectivity index (χ0) is 17.0. The number of rotatable bonds is 4. The molecule has 0 amide bonds. The maximum Gasteiger partial charge on any atom is 0.299 e. The van der Waals surface area contributed by atoms with Gasteiger partial charge in [0.05, 0.1) is 21.2 Å². The summed E-state index contributed by atoms with van der Waals surface area (Å²) in [5, 5.41) is 24.5. The number of allylic oxidation sites excluding steroid dienone is 4. The molecular weight excluding hydrogens is 324 g/mol. The molecule has 23 heavy (non-hydrogen) atoms. The molecule has 120 valence electrons. The van der Waals surface area contributed by atoms with E-state index in [4.69, 9.17) is 0 Å². The van der Waals surface area contributed by atoms with E-state index in [2.05, 4.69) is 9.63 Å². The first-order valence-corrected chi connectivity index (χ1v) is 7.71. The monoisotopic (exact) mass is 336 g/mol. The second-order valence-electron chi connectivity index (χ2n) is 4.42. The second-order valence-corrected chi connectivity index (χ2v) is 6.01. The molecule has 0 spiro atoms. The zero-order valence-electron chi connectivity index (χ0n) is 11.9. The Morgan fingerprint density at radius 3 is 2.48 bits per heavy atom. The summed E-state index contributed by atoms with van der Waals surface area (Å²) < 4.78 is 27.3. The van der Waals surface area contributed by atoms with Crippen LogP contribution < -0.4 is 0 Å². The minimum absolute atomic E-state index is 0.179. The van der Waals surface area contributed by atoms with Crippen LogP contribution in [0.2, 0.25) is 0 Å². The summed E-state index contributed by atoms with van der Waals surface area (Å²) >= 11 is 0. The number of hydroxylamine groups is 2. The third-order valence-electron chi connectivity index (χ3n) is 2.85. The van der Waals surface area contributed by atoms with Gasteiger partial charge < -0.3 is 0 Å². The maximum absolute atomic E-state index is 12.0. The highest BCUT2D eigenvalue weighted by molar-refractivity contribution is 7.90. The number of nitro benzene ring substituents is 1. The predicted octanol–water partition coefficient (Wildman–Crippen LogP) is 2.74. The SMILES string of the molecule is C/C(N=NS(=O)(=O)c1ccc([N+](=O)[O-])cc1)=C1/C=CC=CN1O. The molecule has 0 fully saturated rings. The Bertz CT molecular complexity index is 838. The standard InChI is InChI=1S/C13H12N4O5S/c1-10(13-4-2-3-9-16(13)18)14-15-23(21,22)12-7-5-11(6-8-12)17(19)20/h2-9,18H,1H3/b13-10+,15-14?. The predicted molar refractivity (Wildman–Crippen MR) is 79.7 cm³/mol. The molecule has 1 aliphatic heterocycles. The van der Waals surface area contributed by atoms with E-state index in [-0.39, 0.29) is 22.0 Å². The van der Waals surface area contributed by atoms with Gasteiger partial charge in [-0.05, 0) is 31.2 Å². The molecule has 1 N–H and O–H groups in total. The molecule has 10 heteroatoms. The maximum atomic E-state index is 12.0. The lowest BCUT2D eigenvalue weighted by Crippen LogP contribution is -2.12. The van der Waals surface area contributed by atoms with Crippen LogP contribution in [0.3, 0.4) is 0 Å². The lowest BCUT2D eigenvalue weighted by atomic mass is 10.2. The normalized spacial score (nSPS) is 16.9. The van der Waals surface area contributed by atoms with Crippen LogP contribution in [-0.2, 0) is 10.0 Å². The van der Waals surface area contributed by atoms with E-state index in [0.29, 0.717) is 0 Å². The summed E-state index contributed by atoms with van der Waals surface area (Å²) in [6.45, 7) is 1.48. The van der Waals surface area contributed by atoms with Gasteiger partial charge in [0.15, 0.2) is 0 Å². The molecule has 1 aromatic rings. The fourth-order valence-electron chi connectivity index (χ4n) is 1.67. The largest absolute Gasteiger partial charge is 0.299 e. The molecule has 1 aromatic carbocycles. The summed E-state index contributed by atoms with van der Waals surface area (Å²) in [4.78, 5) is 9.70. The number of nitro groups is 1. The molecule has 0 saturated carbocycles. The van der Waals surface area contributed by atoms with Crippen LogP contribution >= 0.6 is 0 Å². The Morgan fingerprint density at radius 1 is 1.26 bits per heavy atom. The van der Waals surface area contributed by atoms with Gasteiger partial charge in [0.25, 0.3) is 15.7 Å². The average Bonchev–Trinajstić information content (AvgIpc) is 2.53.